The number of hydrogen-bond acceptors (Lipinski definition) is 2. The molecule has 0 spiro atoms. The van der Waals surface area contributed by atoms with Gasteiger partial charge in [0.15, 0.2) is 0 Å². The van der Waals surface area contributed by atoms with Crippen LogP contribution in [0.1, 0.15) is 19.8 Å². The minimum Gasteiger partial charge on any atom is -0.377 e. The Morgan fingerprint density at radius 2 is 2.46 bits per heavy atom. The fourth-order valence-electron chi connectivity index (χ4n) is 1.77. The summed E-state index contributed by atoms with van der Waals surface area (Å²) < 4.78 is 6.67. The average molecular weight is 248 g/mol. The summed E-state index contributed by atoms with van der Waals surface area (Å²) in [5.41, 5.74) is 0. The fourth-order valence-corrected chi connectivity index (χ4v) is 2.13. The number of rotatable bonds is 4. The smallest absolute Gasteiger partial charge is 0.0702 e. The Kier molecular flexibility index (Phi) is 4.99. The normalized spacial score (nSPS) is 24.6. The summed E-state index contributed by atoms with van der Waals surface area (Å²) in [4.78, 5) is 2.39. The van der Waals surface area contributed by atoms with Gasteiger partial charge < -0.3 is 4.74 Å². The van der Waals surface area contributed by atoms with E-state index in [1.165, 1.54) is 19.4 Å². The number of hydrogen-bond donors (Lipinski definition) is 0. The Balaban J connectivity index is 2.28. The molecule has 3 heteroatoms. The van der Waals surface area contributed by atoms with Crippen LogP contribution in [0.25, 0.3) is 0 Å². The molecule has 1 fully saturated rings. The predicted octanol–water partition coefficient (Wildman–Crippen LogP) is 2.40. The summed E-state index contributed by atoms with van der Waals surface area (Å²) in [6.45, 7) is 9.92. The van der Waals surface area contributed by atoms with Crippen molar-refractivity contribution in [2.24, 2.45) is 0 Å². The zero-order valence-corrected chi connectivity index (χ0v) is 9.85. The molecule has 1 aliphatic heterocycles. The van der Waals surface area contributed by atoms with Crippen LogP contribution in [0.5, 0.6) is 0 Å². The van der Waals surface area contributed by atoms with E-state index in [1.807, 2.05) is 0 Å². The third-order valence-electron chi connectivity index (χ3n) is 2.26. The van der Waals surface area contributed by atoms with Crippen molar-refractivity contribution >= 4 is 15.9 Å². The van der Waals surface area contributed by atoms with E-state index in [9.17, 15) is 0 Å². The highest BCUT2D eigenvalue weighted by atomic mass is 79.9. The van der Waals surface area contributed by atoms with Gasteiger partial charge in [0.05, 0.1) is 6.10 Å². The van der Waals surface area contributed by atoms with E-state index in [4.69, 9.17) is 4.74 Å². The number of ether oxygens (including phenoxy) is 1. The van der Waals surface area contributed by atoms with Gasteiger partial charge in [-0.2, -0.15) is 0 Å². The topological polar surface area (TPSA) is 12.5 Å². The van der Waals surface area contributed by atoms with E-state index in [1.54, 1.807) is 0 Å². The first-order valence-corrected chi connectivity index (χ1v) is 5.69. The molecule has 0 aromatic heterocycles. The molecule has 1 aliphatic rings. The van der Waals surface area contributed by atoms with Crippen LogP contribution in [0, 0.1) is 0 Å². The lowest BCUT2D eigenvalue weighted by Gasteiger charge is -2.32. The molecule has 0 aliphatic carbocycles. The summed E-state index contributed by atoms with van der Waals surface area (Å²) in [6, 6.07) is 0. The third kappa shape index (κ3) is 4.25. The second-order valence-corrected chi connectivity index (χ2v) is 4.59. The molecule has 1 heterocycles. The first-order chi connectivity index (χ1) is 6.22. The maximum absolute atomic E-state index is 5.61. The zero-order valence-electron chi connectivity index (χ0n) is 8.26. The van der Waals surface area contributed by atoms with Crippen LogP contribution in [0.2, 0.25) is 0 Å². The first-order valence-electron chi connectivity index (χ1n) is 4.89. The summed E-state index contributed by atoms with van der Waals surface area (Å²) >= 11 is 3.39. The van der Waals surface area contributed by atoms with Crippen molar-refractivity contribution in [3.63, 3.8) is 0 Å². The molecule has 1 saturated heterocycles. The molecule has 0 amide bonds. The van der Waals surface area contributed by atoms with Crippen LogP contribution < -0.4 is 0 Å². The molecular weight excluding hydrogens is 230 g/mol. The van der Waals surface area contributed by atoms with Gasteiger partial charge >= 0.3 is 0 Å². The molecule has 1 atom stereocenters. The van der Waals surface area contributed by atoms with E-state index >= 15 is 0 Å². The van der Waals surface area contributed by atoms with Crippen molar-refractivity contribution in [2.75, 3.05) is 26.2 Å². The summed E-state index contributed by atoms with van der Waals surface area (Å²) in [5.74, 6) is 0. The molecule has 13 heavy (non-hydrogen) atoms. The molecular formula is C10H18BrNO. The molecule has 0 N–H and O–H groups in total. The van der Waals surface area contributed by atoms with E-state index < -0.39 is 0 Å². The van der Waals surface area contributed by atoms with Gasteiger partial charge in [-0.25, -0.2) is 0 Å². The largest absolute Gasteiger partial charge is 0.377 e. The van der Waals surface area contributed by atoms with E-state index in [0.29, 0.717) is 6.10 Å². The number of halogens is 1. The first kappa shape index (κ1) is 11.2. The third-order valence-corrected chi connectivity index (χ3v) is 2.51. The SMILES string of the molecule is C=C(Br)CN1CCCC(OCC)C1. The second kappa shape index (κ2) is 5.78. The van der Waals surface area contributed by atoms with Gasteiger partial charge in [0.1, 0.15) is 0 Å². The highest BCUT2D eigenvalue weighted by Crippen LogP contribution is 2.15. The van der Waals surface area contributed by atoms with Gasteiger partial charge in [0, 0.05) is 24.2 Å². The van der Waals surface area contributed by atoms with Gasteiger partial charge in [0.25, 0.3) is 0 Å². The predicted molar refractivity (Wildman–Crippen MR) is 59.2 cm³/mol. The Morgan fingerprint density at radius 1 is 1.69 bits per heavy atom. The molecule has 0 radical (unpaired) electrons. The van der Waals surface area contributed by atoms with Crippen molar-refractivity contribution in [3.05, 3.63) is 11.1 Å². The minimum atomic E-state index is 0.436. The molecule has 76 valence electrons. The lowest BCUT2D eigenvalue weighted by Crippen LogP contribution is -2.40. The summed E-state index contributed by atoms with van der Waals surface area (Å²) in [7, 11) is 0. The Labute approximate surface area is 89.1 Å². The molecule has 0 aromatic carbocycles. The minimum absolute atomic E-state index is 0.436. The van der Waals surface area contributed by atoms with Gasteiger partial charge in [0.2, 0.25) is 0 Å². The Bertz CT molecular complexity index is 170. The number of likely N-dealkylation sites (tertiary alicyclic amines) is 1. The van der Waals surface area contributed by atoms with E-state index in [0.717, 1.165) is 24.2 Å². The van der Waals surface area contributed by atoms with Crippen LogP contribution in [-0.4, -0.2) is 37.2 Å². The Hall–Kier alpha value is 0.140. The van der Waals surface area contributed by atoms with Crippen molar-refractivity contribution in [1.29, 1.82) is 0 Å². The van der Waals surface area contributed by atoms with E-state index in [2.05, 4.69) is 34.3 Å². The maximum atomic E-state index is 5.61. The maximum Gasteiger partial charge on any atom is 0.0702 e. The standard InChI is InChI=1S/C10H18BrNO/c1-3-13-10-5-4-6-12(8-10)7-9(2)11/h10H,2-8H2,1H3. The monoisotopic (exact) mass is 247 g/mol. The lowest BCUT2D eigenvalue weighted by atomic mass is 10.1. The van der Waals surface area contributed by atoms with Gasteiger partial charge in [-0.1, -0.05) is 22.5 Å². The lowest BCUT2D eigenvalue weighted by molar-refractivity contribution is 0.00912. The molecule has 1 rings (SSSR count). The average Bonchev–Trinajstić information content (AvgIpc) is 2.04. The van der Waals surface area contributed by atoms with Gasteiger partial charge in [-0.3, -0.25) is 4.90 Å². The van der Waals surface area contributed by atoms with Crippen LogP contribution >= 0.6 is 15.9 Å². The van der Waals surface area contributed by atoms with Crippen LogP contribution in [-0.2, 0) is 4.74 Å². The zero-order chi connectivity index (χ0) is 9.68. The quantitative estimate of drug-likeness (QED) is 0.757. The van der Waals surface area contributed by atoms with Crippen molar-refractivity contribution in [2.45, 2.75) is 25.9 Å². The van der Waals surface area contributed by atoms with Crippen molar-refractivity contribution < 1.29 is 4.74 Å². The number of nitrogens with zero attached hydrogens (tertiary/aromatic N) is 1. The highest BCUT2D eigenvalue weighted by molar-refractivity contribution is 9.11. The molecule has 0 aromatic rings. The summed E-state index contributed by atoms with van der Waals surface area (Å²) in [6.07, 6.45) is 2.88. The van der Waals surface area contributed by atoms with Crippen LogP contribution in [0.15, 0.2) is 11.1 Å². The van der Waals surface area contributed by atoms with Crippen LogP contribution in [0.4, 0.5) is 0 Å². The highest BCUT2D eigenvalue weighted by Gasteiger charge is 2.19. The molecule has 0 bridgehead atoms. The fraction of sp³-hybridized carbons (Fsp3) is 0.800. The second-order valence-electron chi connectivity index (χ2n) is 3.47. The van der Waals surface area contributed by atoms with Crippen molar-refractivity contribution in [1.82, 2.24) is 4.90 Å². The molecule has 0 saturated carbocycles. The summed E-state index contributed by atoms with van der Waals surface area (Å²) in [5, 5.41) is 0. The van der Waals surface area contributed by atoms with E-state index in [-0.39, 0.29) is 0 Å². The van der Waals surface area contributed by atoms with Gasteiger partial charge in [-0.15, -0.1) is 0 Å². The molecule has 1 unspecified atom stereocenters. The van der Waals surface area contributed by atoms with Gasteiger partial charge in [-0.05, 0) is 26.3 Å². The number of piperidine rings is 1. The van der Waals surface area contributed by atoms with Crippen LogP contribution in [0.3, 0.4) is 0 Å². The molecule has 2 nitrogen and oxygen atoms in total. The Morgan fingerprint density at radius 3 is 3.08 bits per heavy atom. The van der Waals surface area contributed by atoms with Crippen molar-refractivity contribution in [3.8, 4) is 0 Å².